The van der Waals surface area contributed by atoms with Crippen molar-refractivity contribution < 1.29 is 4.79 Å². The summed E-state index contributed by atoms with van der Waals surface area (Å²) in [7, 11) is 1.95. The fourth-order valence-corrected chi connectivity index (χ4v) is 3.33. The Kier molecular flexibility index (Phi) is 4.16. The third-order valence-electron chi connectivity index (χ3n) is 5.11. The predicted molar refractivity (Wildman–Crippen MR) is 111 cm³/mol. The molecule has 1 N–H and O–H groups in total. The van der Waals surface area contributed by atoms with Crippen molar-refractivity contribution in [1.29, 1.82) is 0 Å². The molecular formula is C21H19N7O. The van der Waals surface area contributed by atoms with Gasteiger partial charge in [0, 0.05) is 49.0 Å². The third-order valence-corrected chi connectivity index (χ3v) is 5.11. The summed E-state index contributed by atoms with van der Waals surface area (Å²) >= 11 is 0. The number of pyridine rings is 1. The van der Waals surface area contributed by atoms with Crippen LogP contribution in [-0.2, 0) is 7.05 Å². The molecule has 0 aliphatic carbocycles. The highest BCUT2D eigenvalue weighted by Gasteiger charge is 2.17. The number of benzene rings is 1. The molecule has 1 aliphatic rings. The first-order chi connectivity index (χ1) is 14.2. The Hall–Kier alpha value is -3.81. The molecule has 1 fully saturated rings. The summed E-state index contributed by atoms with van der Waals surface area (Å²) in [6.45, 7) is 1.95. The number of nitrogens with one attached hydrogen (secondary N) is 1. The van der Waals surface area contributed by atoms with Crippen LogP contribution in [0.5, 0.6) is 0 Å². The van der Waals surface area contributed by atoms with E-state index in [1.54, 1.807) is 30.9 Å². The minimum atomic E-state index is -0.253. The Morgan fingerprint density at radius 2 is 2.00 bits per heavy atom. The topological polar surface area (TPSA) is 88.8 Å². The molecule has 0 radical (unpaired) electrons. The van der Waals surface area contributed by atoms with E-state index >= 15 is 0 Å². The van der Waals surface area contributed by atoms with E-state index in [1.807, 2.05) is 36.0 Å². The van der Waals surface area contributed by atoms with Crippen LogP contribution in [0.4, 0.5) is 11.8 Å². The van der Waals surface area contributed by atoms with Gasteiger partial charge in [0.05, 0.1) is 23.7 Å². The predicted octanol–water partition coefficient (Wildman–Crippen LogP) is 2.89. The molecule has 0 saturated carbocycles. The molecular weight excluding hydrogens is 366 g/mol. The lowest BCUT2D eigenvalue weighted by molar-refractivity contribution is 0.102. The van der Waals surface area contributed by atoms with Crippen molar-refractivity contribution in [3.8, 4) is 11.3 Å². The summed E-state index contributed by atoms with van der Waals surface area (Å²) in [5.74, 6) is 0.840. The molecule has 8 heteroatoms. The third kappa shape index (κ3) is 3.29. The van der Waals surface area contributed by atoms with E-state index in [4.69, 9.17) is 0 Å². The molecule has 0 unspecified atom stereocenters. The first-order valence-corrected chi connectivity index (χ1v) is 9.43. The van der Waals surface area contributed by atoms with Gasteiger partial charge < -0.3 is 9.47 Å². The number of anilines is 2. The Morgan fingerprint density at radius 3 is 2.76 bits per heavy atom. The van der Waals surface area contributed by atoms with Gasteiger partial charge in [-0.25, -0.2) is 19.9 Å². The smallest absolute Gasteiger partial charge is 0.258 e. The van der Waals surface area contributed by atoms with E-state index in [-0.39, 0.29) is 11.9 Å². The van der Waals surface area contributed by atoms with Crippen LogP contribution in [0, 0.1) is 0 Å². The summed E-state index contributed by atoms with van der Waals surface area (Å²) in [6.07, 6.45) is 8.09. The number of hydrogen-bond donors (Lipinski definition) is 1. The number of hydrogen-bond acceptors (Lipinski definition) is 6. The number of carbonyl (C=O) groups is 1. The number of nitrogens with zero attached hydrogens (tertiary/aromatic N) is 6. The summed E-state index contributed by atoms with van der Waals surface area (Å²) in [5.41, 5.74) is 3.28. The van der Waals surface area contributed by atoms with E-state index in [0.29, 0.717) is 5.56 Å². The first-order valence-electron chi connectivity index (χ1n) is 9.43. The summed E-state index contributed by atoms with van der Waals surface area (Å²) < 4.78 is 1.95. The highest BCUT2D eigenvalue weighted by molar-refractivity contribution is 6.04. The van der Waals surface area contributed by atoms with Gasteiger partial charge in [0.2, 0.25) is 5.95 Å². The van der Waals surface area contributed by atoms with Gasteiger partial charge in [-0.2, -0.15) is 0 Å². The van der Waals surface area contributed by atoms with Crippen LogP contribution in [-0.4, -0.2) is 43.5 Å². The van der Waals surface area contributed by atoms with Crippen LogP contribution in [0.3, 0.4) is 0 Å². The Balaban J connectivity index is 1.41. The van der Waals surface area contributed by atoms with Crippen molar-refractivity contribution >= 4 is 28.6 Å². The summed E-state index contributed by atoms with van der Waals surface area (Å²) in [5, 5.41) is 3.69. The molecule has 8 nitrogen and oxygen atoms in total. The van der Waals surface area contributed by atoms with Gasteiger partial charge in [-0.15, -0.1) is 0 Å². The molecule has 144 valence electrons. The standard InChI is InChI=1S/C21H19N7O/c1-27-13-22-12-18(27)14-3-4-16-11-24-21(25-17(16)9-14)26-20(29)15-5-6-23-19(10-15)28-7-2-8-28/h3-6,9-13H,2,7-8H2,1H3,(H,24,25,26,29). The number of rotatable bonds is 4. The number of carbonyl (C=O) groups excluding carboxylic acids is 1. The lowest BCUT2D eigenvalue weighted by Crippen LogP contribution is -2.37. The highest BCUT2D eigenvalue weighted by Crippen LogP contribution is 2.23. The minimum Gasteiger partial charge on any atom is -0.356 e. The zero-order chi connectivity index (χ0) is 19.8. The van der Waals surface area contributed by atoms with Gasteiger partial charge in [0.1, 0.15) is 5.82 Å². The van der Waals surface area contributed by atoms with Crippen molar-refractivity contribution in [3.05, 3.63) is 60.8 Å². The fourth-order valence-electron chi connectivity index (χ4n) is 3.33. The van der Waals surface area contributed by atoms with Gasteiger partial charge in [-0.3, -0.25) is 10.1 Å². The number of amides is 1. The Morgan fingerprint density at radius 1 is 1.10 bits per heavy atom. The van der Waals surface area contributed by atoms with Gasteiger partial charge in [0.25, 0.3) is 5.91 Å². The van der Waals surface area contributed by atoms with E-state index < -0.39 is 0 Å². The maximum absolute atomic E-state index is 12.7. The van der Waals surface area contributed by atoms with Gasteiger partial charge in [0.15, 0.2) is 0 Å². The summed E-state index contributed by atoms with van der Waals surface area (Å²) in [6, 6.07) is 9.44. The van der Waals surface area contributed by atoms with Crippen molar-refractivity contribution in [2.75, 3.05) is 23.3 Å². The van der Waals surface area contributed by atoms with Crippen molar-refractivity contribution in [2.45, 2.75) is 6.42 Å². The van der Waals surface area contributed by atoms with Crippen LogP contribution in [0.15, 0.2) is 55.2 Å². The van der Waals surface area contributed by atoms with Crippen LogP contribution in [0.25, 0.3) is 22.2 Å². The normalized spacial score (nSPS) is 13.3. The van der Waals surface area contributed by atoms with Crippen molar-refractivity contribution in [3.63, 3.8) is 0 Å². The lowest BCUT2D eigenvalue weighted by Gasteiger charge is -2.32. The molecule has 0 bridgehead atoms. The number of fused-ring (bicyclic) bond motifs is 1. The van der Waals surface area contributed by atoms with E-state index in [2.05, 4.69) is 30.2 Å². The van der Waals surface area contributed by atoms with E-state index in [9.17, 15) is 4.79 Å². The van der Waals surface area contributed by atoms with Crippen LogP contribution < -0.4 is 10.2 Å². The molecule has 1 amide bonds. The number of aryl methyl sites for hydroxylation is 1. The van der Waals surface area contributed by atoms with Gasteiger partial charge in [-0.05, 0) is 24.6 Å². The van der Waals surface area contributed by atoms with Gasteiger partial charge >= 0.3 is 0 Å². The van der Waals surface area contributed by atoms with E-state index in [0.717, 1.165) is 47.5 Å². The SMILES string of the molecule is Cn1cncc1-c1ccc2cnc(NC(=O)c3ccnc(N4CCC4)c3)nc2c1. The van der Waals surface area contributed by atoms with Crippen LogP contribution >= 0.6 is 0 Å². The second-order valence-electron chi connectivity index (χ2n) is 7.05. The fraction of sp³-hybridized carbons (Fsp3) is 0.190. The molecule has 3 aromatic heterocycles. The van der Waals surface area contributed by atoms with Crippen molar-refractivity contribution in [2.24, 2.45) is 7.05 Å². The maximum Gasteiger partial charge on any atom is 0.258 e. The minimum absolute atomic E-state index is 0.253. The first kappa shape index (κ1) is 17.3. The molecule has 29 heavy (non-hydrogen) atoms. The van der Waals surface area contributed by atoms with Crippen molar-refractivity contribution in [1.82, 2.24) is 24.5 Å². The number of aromatic nitrogens is 5. The monoisotopic (exact) mass is 385 g/mol. The molecule has 1 saturated heterocycles. The molecule has 1 aromatic carbocycles. The quantitative estimate of drug-likeness (QED) is 0.581. The molecule has 0 spiro atoms. The zero-order valence-electron chi connectivity index (χ0n) is 15.9. The zero-order valence-corrected chi connectivity index (χ0v) is 15.9. The highest BCUT2D eigenvalue weighted by atomic mass is 16.1. The Labute approximate surface area is 167 Å². The summed E-state index contributed by atoms with van der Waals surface area (Å²) in [4.78, 5) is 32.1. The second-order valence-corrected chi connectivity index (χ2v) is 7.05. The molecule has 4 heterocycles. The second kappa shape index (κ2) is 6.97. The molecule has 5 rings (SSSR count). The Bertz CT molecular complexity index is 1210. The average Bonchev–Trinajstić information content (AvgIpc) is 3.12. The van der Waals surface area contributed by atoms with Crippen LogP contribution in [0.1, 0.15) is 16.8 Å². The van der Waals surface area contributed by atoms with E-state index in [1.165, 1.54) is 0 Å². The molecule has 4 aromatic rings. The number of imidazole rings is 1. The molecule has 1 aliphatic heterocycles. The maximum atomic E-state index is 12.7. The van der Waals surface area contributed by atoms with Gasteiger partial charge in [-0.1, -0.05) is 12.1 Å². The van der Waals surface area contributed by atoms with Crippen LogP contribution in [0.2, 0.25) is 0 Å². The lowest BCUT2D eigenvalue weighted by atomic mass is 10.1. The largest absolute Gasteiger partial charge is 0.356 e. The molecule has 0 atom stereocenters. The average molecular weight is 385 g/mol.